The lowest BCUT2D eigenvalue weighted by molar-refractivity contribution is -0.152. The highest BCUT2D eigenvalue weighted by Crippen LogP contribution is 2.26. The Kier molecular flexibility index (Phi) is 6.20. The Morgan fingerprint density at radius 3 is 2.61 bits per heavy atom. The van der Waals surface area contributed by atoms with E-state index in [2.05, 4.69) is 5.32 Å². The van der Waals surface area contributed by atoms with Crippen molar-refractivity contribution in [3.05, 3.63) is 52.2 Å². The highest BCUT2D eigenvalue weighted by Gasteiger charge is 2.36. The van der Waals surface area contributed by atoms with Crippen molar-refractivity contribution in [3.8, 4) is 0 Å². The first-order valence-corrected chi connectivity index (χ1v) is 9.79. The molecule has 3 rings (SSSR count). The molecular weight excluding hydrogens is 380 g/mol. The van der Waals surface area contributed by atoms with E-state index in [-0.39, 0.29) is 18.9 Å². The van der Waals surface area contributed by atoms with Crippen LogP contribution in [0.1, 0.15) is 28.6 Å². The number of rotatable bonds is 6. The number of hydrogen-bond donors (Lipinski definition) is 1. The number of anilines is 1. The summed E-state index contributed by atoms with van der Waals surface area (Å²) in [5.41, 5.74) is 1.89. The first-order valence-electron chi connectivity index (χ1n) is 8.91. The van der Waals surface area contributed by atoms with E-state index in [1.807, 2.05) is 31.2 Å². The number of carbonyl (C=O) groups excluding carboxylic acids is 4. The summed E-state index contributed by atoms with van der Waals surface area (Å²) in [5, 5.41) is 3.88. The molecule has 1 aliphatic heterocycles. The monoisotopic (exact) mass is 400 g/mol. The van der Waals surface area contributed by atoms with Crippen molar-refractivity contribution in [2.45, 2.75) is 19.8 Å². The lowest BCUT2D eigenvalue weighted by Gasteiger charge is -2.17. The van der Waals surface area contributed by atoms with E-state index in [0.717, 1.165) is 17.7 Å². The number of hydrogen-bond acceptors (Lipinski definition) is 6. The number of carbonyl (C=O) groups is 4. The second-order valence-corrected chi connectivity index (χ2v) is 7.34. The maximum absolute atomic E-state index is 12.3. The molecule has 1 aromatic carbocycles. The van der Waals surface area contributed by atoms with Gasteiger partial charge in [-0.05, 0) is 35.6 Å². The van der Waals surface area contributed by atoms with Gasteiger partial charge in [-0.15, -0.1) is 11.3 Å². The molecule has 1 fully saturated rings. The number of nitrogens with one attached hydrogen (secondary N) is 1. The zero-order valence-electron chi connectivity index (χ0n) is 15.3. The minimum Gasteiger partial charge on any atom is -0.455 e. The van der Waals surface area contributed by atoms with E-state index < -0.39 is 30.3 Å². The summed E-state index contributed by atoms with van der Waals surface area (Å²) >= 11 is 1.20. The fourth-order valence-electron chi connectivity index (χ4n) is 2.91. The topological polar surface area (TPSA) is 92.8 Å². The predicted molar refractivity (Wildman–Crippen MR) is 104 cm³/mol. The number of amides is 3. The summed E-state index contributed by atoms with van der Waals surface area (Å²) in [4.78, 5) is 50.0. The predicted octanol–water partition coefficient (Wildman–Crippen LogP) is 2.16. The standard InChI is InChI=1S/C20H20N2O5S/c1-2-13-5-7-15(8-6-13)22-11-14(10-18(22)24)20(26)27-12-17(23)21-19(25)16-4-3-9-28-16/h3-9,14H,2,10-12H2,1H3,(H,21,23,25)/t14-/m0/s1. The zero-order valence-corrected chi connectivity index (χ0v) is 16.2. The quantitative estimate of drug-likeness (QED) is 0.750. The number of ether oxygens (including phenoxy) is 1. The third-order valence-electron chi connectivity index (χ3n) is 4.46. The largest absolute Gasteiger partial charge is 0.455 e. The summed E-state index contributed by atoms with van der Waals surface area (Å²) < 4.78 is 5.00. The van der Waals surface area contributed by atoms with Gasteiger partial charge in [0, 0.05) is 18.7 Å². The Hall–Kier alpha value is -3.00. The van der Waals surface area contributed by atoms with Crippen molar-refractivity contribution >= 4 is 40.7 Å². The van der Waals surface area contributed by atoms with Crippen LogP contribution < -0.4 is 10.2 Å². The molecule has 1 N–H and O–H groups in total. The van der Waals surface area contributed by atoms with Gasteiger partial charge in [-0.1, -0.05) is 25.1 Å². The summed E-state index contributed by atoms with van der Waals surface area (Å²) in [5.74, 6) is -2.67. The van der Waals surface area contributed by atoms with Gasteiger partial charge in [0.15, 0.2) is 6.61 Å². The highest BCUT2D eigenvalue weighted by molar-refractivity contribution is 7.12. The zero-order chi connectivity index (χ0) is 20.1. The second-order valence-electron chi connectivity index (χ2n) is 6.39. The van der Waals surface area contributed by atoms with E-state index in [1.54, 1.807) is 22.4 Å². The molecule has 0 saturated carbocycles. The van der Waals surface area contributed by atoms with E-state index in [0.29, 0.717) is 4.88 Å². The number of nitrogens with zero attached hydrogens (tertiary/aromatic N) is 1. The van der Waals surface area contributed by atoms with Crippen LogP contribution in [0.3, 0.4) is 0 Å². The van der Waals surface area contributed by atoms with Crippen LogP contribution in [-0.4, -0.2) is 36.8 Å². The van der Waals surface area contributed by atoms with Gasteiger partial charge >= 0.3 is 5.97 Å². The molecule has 1 atom stereocenters. The number of aryl methyl sites for hydroxylation is 1. The van der Waals surface area contributed by atoms with Crippen LogP contribution in [0.15, 0.2) is 41.8 Å². The highest BCUT2D eigenvalue weighted by atomic mass is 32.1. The Morgan fingerprint density at radius 1 is 1.21 bits per heavy atom. The van der Waals surface area contributed by atoms with Gasteiger partial charge in [-0.2, -0.15) is 0 Å². The SMILES string of the molecule is CCc1ccc(N2C[C@@H](C(=O)OCC(=O)NC(=O)c3cccs3)CC2=O)cc1. The van der Waals surface area contributed by atoms with E-state index in [4.69, 9.17) is 4.74 Å². The van der Waals surface area contributed by atoms with E-state index in [9.17, 15) is 19.2 Å². The van der Waals surface area contributed by atoms with Crippen LogP contribution in [0.2, 0.25) is 0 Å². The van der Waals surface area contributed by atoms with Gasteiger partial charge < -0.3 is 9.64 Å². The van der Waals surface area contributed by atoms with E-state index in [1.165, 1.54) is 11.3 Å². The average Bonchev–Trinajstić information content (AvgIpc) is 3.36. The fraction of sp³-hybridized carbons (Fsp3) is 0.300. The molecular formula is C20H20N2O5S. The third kappa shape index (κ3) is 4.64. The molecule has 0 radical (unpaired) electrons. The van der Waals surface area contributed by atoms with Crippen molar-refractivity contribution in [1.82, 2.24) is 5.32 Å². The summed E-state index contributed by atoms with van der Waals surface area (Å²) in [6, 6.07) is 10.9. The van der Waals surface area contributed by atoms with Crippen molar-refractivity contribution in [2.75, 3.05) is 18.1 Å². The average molecular weight is 400 g/mol. The first kappa shape index (κ1) is 19.8. The molecule has 7 nitrogen and oxygen atoms in total. The van der Waals surface area contributed by atoms with Crippen molar-refractivity contribution in [2.24, 2.45) is 5.92 Å². The van der Waals surface area contributed by atoms with Gasteiger partial charge in [-0.3, -0.25) is 24.5 Å². The molecule has 28 heavy (non-hydrogen) atoms. The van der Waals surface area contributed by atoms with Crippen LogP contribution in [-0.2, 0) is 25.5 Å². The molecule has 1 aliphatic rings. The molecule has 8 heteroatoms. The molecule has 2 aromatic rings. The van der Waals surface area contributed by atoms with Gasteiger partial charge in [0.1, 0.15) is 0 Å². The Balaban J connectivity index is 1.50. The van der Waals surface area contributed by atoms with Crippen molar-refractivity contribution in [3.63, 3.8) is 0 Å². The van der Waals surface area contributed by atoms with Crippen molar-refractivity contribution < 1.29 is 23.9 Å². The van der Waals surface area contributed by atoms with Crippen LogP contribution in [0.4, 0.5) is 5.69 Å². The molecule has 0 spiro atoms. The minimum absolute atomic E-state index is 0.0319. The summed E-state index contributed by atoms with van der Waals surface area (Å²) in [6.45, 7) is 1.69. The number of benzene rings is 1. The van der Waals surface area contributed by atoms with Crippen molar-refractivity contribution in [1.29, 1.82) is 0 Å². The van der Waals surface area contributed by atoms with Crippen LogP contribution in [0.5, 0.6) is 0 Å². The third-order valence-corrected chi connectivity index (χ3v) is 5.33. The molecule has 2 heterocycles. The summed E-state index contributed by atoms with van der Waals surface area (Å²) in [7, 11) is 0. The Labute approximate surface area is 166 Å². The molecule has 1 aromatic heterocycles. The molecule has 0 bridgehead atoms. The minimum atomic E-state index is -0.705. The van der Waals surface area contributed by atoms with Gasteiger partial charge in [0.05, 0.1) is 10.8 Å². The van der Waals surface area contributed by atoms with Crippen LogP contribution >= 0.6 is 11.3 Å². The Morgan fingerprint density at radius 2 is 1.96 bits per heavy atom. The van der Waals surface area contributed by atoms with Gasteiger partial charge in [0.25, 0.3) is 11.8 Å². The maximum atomic E-state index is 12.3. The molecule has 146 valence electrons. The lowest BCUT2D eigenvalue weighted by Crippen LogP contribution is -2.34. The smallest absolute Gasteiger partial charge is 0.311 e. The van der Waals surface area contributed by atoms with E-state index >= 15 is 0 Å². The first-order chi connectivity index (χ1) is 13.5. The second kappa shape index (κ2) is 8.79. The lowest BCUT2D eigenvalue weighted by atomic mass is 10.1. The molecule has 3 amide bonds. The van der Waals surface area contributed by atoms with Gasteiger partial charge in [0.2, 0.25) is 5.91 Å². The molecule has 1 saturated heterocycles. The number of thiophene rings is 1. The normalized spacial score (nSPS) is 16.1. The van der Waals surface area contributed by atoms with Crippen LogP contribution in [0.25, 0.3) is 0 Å². The number of esters is 1. The fourth-order valence-corrected chi connectivity index (χ4v) is 3.53. The molecule has 0 aliphatic carbocycles. The maximum Gasteiger partial charge on any atom is 0.311 e. The number of imide groups is 1. The van der Waals surface area contributed by atoms with Gasteiger partial charge in [-0.25, -0.2) is 0 Å². The Bertz CT molecular complexity index is 877. The molecule has 0 unspecified atom stereocenters. The van der Waals surface area contributed by atoms with Crippen LogP contribution in [0, 0.1) is 5.92 Å². The summed E-state index contributed by atoms with van der Waals surface area (Å²) in [6.07, 6.45) is 0.935.